The number of ketones is 1. The average molecular weight is 714 g/mol. The molecule has 9 rings (SSSR count). The predicted octanol–water partition coefficient (Wildman–Crippen LogP) is 8.74. The first-order valence-electron chi connectivity index (χ1n) is 17.5. The minimum absolute atomic E-state index is 0.0650. The molecule has 3 spiro atoms. The van der Waals surface area contributed by atoms with Gasteiger partial charge in [0.15, 0.2) is 5.78 Å². The van der Waals surface area contributed by atoms with E-state index in [0.29, 0.717) is 43.4 Å². The lowest BCUT2D eigenvalue weighted by Gasteiger charge is -2.71. The number of carbonyl (C=O) groups is 2. The number of hydrogen-bond donors (Lipinski definition) is 1. The van der Waals surface area contributed by atoms with Gasteiger partial charge in [-0.25, -0.2) is 9.18 Å². The van der Waals surface area contributed by atoms with Crippen LogP contribution in [0.3, 0.4) is 0 Å². The number of aliphatic hydroxyl groups excluding tert-OH is 1. The van der Waals surface area contributed by atoms with Crippen molar-refractivity contribution in [2.75, 3.05) is 6.54 Å². The molecule has 8 unspecified atom stereocenters. The van der Waals surface area contributed by atoms with Crippen LogP contribution in [-0.2, 0) is 22.5 Å². The van der Waals surface area contributed by atoms with E-state index in [2.05, 4.69) is 36.8 Å². The number of alkyl halides is 3. The summed E-state index contributed by atoms with van der Waals surface area (Å²) < 4.78 is 63.5. The lowest BCUT2D eigenvalue weighted by molar-refractivity contribution is -0.274. The van der Waals surface area contributed by atoms with Crippen LogP contribution in [0.5, 0.6) is 5.75 Å². The largest absolute Gasteiger partial charge is 0.573 e. The number of amides is 1. The second-order valence-corrected chi connectivity index (χ2v) is 16.4. The van der Waals surface area contributed by atoms with Gasteiger partial charge >= 0.3 is 12.5 Å². The first-order valence-corrected chi connectivity index (χ1v) is 17.8. The molecule has 1 saturated heterocycles. The molecule has 0 aromatic heterocycles. The van der Waals surface area contributed by atoms with Crippen LogP contribution >= 0.6 is 11.6 Å². The first-order chi connectivity index (χ1) is 23.5. The molecule has 266 valence electrons. The standard InChI is InChI=1S/C39H40ClF4NO5/c1-34-13-10-24(46)19-36(34)16-17-38(27(20-36)30(47)18-26-28(40)4-3-5-29(26)41)31(34)11-14-35(2)32(38)12-15-37(35)22-45(33(48)50-37)21-23-6-8-25(9-7-23)49-39(42,43)44/h3-9,16-17,20,24,31-32,46H,10-15,18-19,21-22H2,1-2H3. The molecule has 1 heterocycles. The van der Waals surface area contributed by atoms with Gasteiger partial charge in [0, 0.05) is 45.4 Å². The summed E-state index contributed by atoms with van der Waals surface area (Å²) in [5, 5.41) is 11.1. The van der Waals surface area contributed by atoms with Gasteiger partial charge in [-0.1, -0.05) is 61.9 Å². The van der Waals surface area contributed by atoms with E-state index >= 15 is 4.39 Å². The molecule has 2 bridgehead atoms. The number of allylic oxidation sites excluding steroid dienone is 4. The zero-order valence-corrected chi connectivity index (χ0v) is 28.7. The Kier molecular flexibility index (Phi) is 7.47. The molecule has 2 aromatic rings. The number of fused-ring (bicyclic) bond motifs is 2. The zero-order valence-electron chi connectivity index (χ0n) is 28.0. The number of aliphatic hydroxyl groups is 1. The van der Waals surface area contributed by atoms with Crippen molar-refractivity contribution >= 4 is 23.5 Å². The summed E-state index contributed by atoms with van der Waals surface area (Å²) in [6, 6.07) is 9.91. The Hall–Kier alpha value is -3.37. The highest BCUT2D eigenvalue weighted by molar-refractivity contribution is 6.31. The fourth-order valence-corrected chi connectivity index (χ4v) is 11.8. The van der Waals surface area contributed by atoms with Crippen molar-refractivity contribution in [3.05, 3.63) is 88.2 Å². The van der Waals surface area contributed by atoms with Crippen molar-refractivity contribution < 1.29 is 41.7 Å². The monoisotopic (exact) mass is 713 g/mol. The smallest absolute Gasteiger partial charge is 0.440 e. The van der Waals surface area contributed by atoms with Crippen LogP contribution in [0.4, 0.5) is 22.4 Å². The molecule has 6 nitrogen and oxygen atoms in total. The average Bonchev–Trinajstić information content (AvgIpc) is 3.53. The van der Waals surface area contributed by atoms with Gasteiger partial charge in [0.05, 0.1) is 12.6 Å². The fourth-order valence-electron chi connectivity index (χ4n) is 11.5. The molecule has 1 amide bonds. The Morgan fingerprint density at radius 1 is 1.02 bits per heavy atom. The summed E-state index contributed by atoms with van der Waals surface area (Å²) in [7, 11) is 0. The number of benzene rings is 2. The zero-order chi connectivity index (χ0) is 35.5. The maximum absolute atomic E-state index is 15.1. The van der Waals surface area contributed by atoms with E-state index in [9.17, 15) is 27.9 Å². The topological polar surface area (TPSA) is 76.1 Å². The molecular weight excluding hydrogens is 674 g/mol. The first kappa shape index (κ1) is 33.8. The van der Waals surface area contributed by atoms with Crippen molar-refractivity contribution in [1.82, 2.24) is 4.90 Å². The van der Waals surface area contributed by atoms with Crippen LogP contribution in [-0.4, -0.2) is 46.5 Å². The maximum atomic E-state index is 15.1. The molecule has 7 aliphatic rings. The Bertz CT molecular complexity index is 1810. The molecule has 3 saturated carbocycles. The third-order valence-corrected chi connectivity index (χ3v) is 14.3. The van der Waals surface area contributed by atoms with E-state index in [-0.39, 0.29) is 52.3 Å². The van der Waals surface area contributed by atoms with Crippen LogP contribution < -0.4 is 4.74 Å². The van der Waals surface area contributed by atoms with Crippen LogP contribution in [0.25, 0.3) is 0 Å². The van der Waals surface area contributed by atoms with E-state index in [1.807, 2.05) is 0 Å². The van der Waals surface area contributed by atoms with Crippen molar-refractivity contribution in [3.63, 3.8) is 0 Å². The molecule has 6 aliphatic carbocycles. The molecule has 2 aromatic carbocycles. The molecule has 0 radical (unpaired) electrons. The Morgan fingerprint density at radius 2 is 1.72 bits per heavy atom. The number of hydrogen-bond acceptors (Lipinski definition) is 5. The molecular formula is C39H40ClF4NO5. The molecule has 1 N–H and O–H groups in total. The SMILES string of the molecule is CC12CCC(O)CC13C=CC1(C(C(=O)Cc4c(F)cccc4Cl)=C3)C2CCC2(C)C1CCC21CN(Cc2ccc(OC(F)(F)F)cc2)C(=O)O1. The lowest BCUT2D eigenvalue weighted by Crippen LogP contribution is -2.67. The predicted molar refractivity (Wildman–Crippen MR) is 176 cm³/mol. The summed E-state index contributed by atoms with van der Waals surface area (Å²) in [6.45, 7) is 4.97. The van der Waals surface area contributed by atoms with E-state index in [1.54, 1.807) is 11.0 Å². The number of Topliss-reactive ketones (excluding diaryl/α,β-unsaturated/α-hetero) is 1. The van der Waals surface area contributed by atoms with E-state index in [0.717, 1.165) is 19.3 Å². The van der Waals surface area contributed by atoms with Crippen molar-refractivity contribution in [1.29, 1.82) is 0 Å². The summed E-state index contributed by atoms with van der Waals surface area (Å²) in [5.41, 5.74) is -1.28. The van der Waals surface area contributed by atoms with E-state index < -0.39 is 46.2 Å². The Labute approximate surface area is 293 Å². The third kappa shape index (κ3) is 4.69. The van der Waals surface area contributed by atoms with E-state index in [1.165, 1.54) is 36.4 Å². The molecule has 4 fully saturated rings. The maximum Gasteiger partial charge on any atom is 0.573 e. The van der Waals surface area contributed by atoms with Crippen molar-refractivity contribution in [2.45, 2.75) is 89.8 Å². The highest BCUT2D eigenvalue weighted by Crippen LogP contribution is 2.79. The summed E-state index contributed by atoms with van der Waals surface area (Å²) >= 11 is 6.43. The number of rotatable bonds is 6. The highest BCUT2D eigenvalue weighted by atomic mass is 35.5. The van der Waals surface area contributed by atoms with Crippen LogP contribution in [0.2, 0.25) is 5.02 Å². The number of ether oxygens (including phenoxy) is 2. The Balaban J connectivity index is 1.14. The van der Waals surface area contributed by atoms with Crippen LogP contribution in [0, 0.1) is 39.3 Å². The van der Waals surface area contributed by atoms with Gasteiger partial charge < -0.3 is 14.6 Å². The quantitative estimate of drug-likeness (QED) is 0.239. The van der Waals surface area contributed by atoms with Gasteiger partial charge in [-0.15, -0.1) is 13.2 Å². The van der Waals surface area contributed by atoms with Gasteiger partial charge in [0.2, 0.25) is 0 Å². The van der Waals surface area contributed by atoms with Gasteiger partial charge in [0.25, 0.3) is 0 Å². The van der Waals surface area contributed by atoms with Gasteiger partial charge in [-0.2, -0.15) is 0 Å². The second kappa shape index (κ2) is 11.1. The number of carbonyl (C=O) groups excluding carboxylic acids is 2. The summed E-state index contributed by atoms with van der Waals surface area (Å²) in [5.74, 6) is -1.02. The van der Waals surface area contributed by atoms with E-state index in [4.69, 9.17) is 16.3 Å². The second-order valence-electron chi connectivity index (χ2n) is 16.0. The molecule has 8 atom stereocenters. The van der Waals surface area contributed by atoms with Crippen LogP contribution in [0.15, 0.2) is 66.3 Å². The summed E-state index contributed by atoms with van der Waals surface area (Å²) in [4.78, 5) is 29.8. The van der Waals surface area contributed by atoms with Crippen molar-refractivity contribution in [3.8, 4) is 5.75 Å². The normalized spacial score (nSPS) is 38.4. The summed E-state index contributed by atoms with van der Waals surface area (Å²) in [6.07, 6.45) is 5.50. The molecule has 50 heavy (non-hydrogen) atoms. The van der Waals surface area contributed by atoms with Crippen molar-refractivity contribution in [2.24, 2.45) is 33.5 Å². The number of nitrogens with zero attached hydrogens (tertiary/aromatic N) is 1. The van der Waals surface area contributed by atoms with Crippen LogP contribution in [0.1, 0.15) is 69.9 Å². The minimum atomic E-state index is -4.80. The van der Waals surface area contributed by atoms with Gasteiger partial charge in [-0.05, 0) is 92.0 Å². The molecule has 11 heteroatoms. The third-order valence-electron chi connectivity index (χ3n) is 13.9. The fraction of sp³-hybridized carbons (Fsp3) is 0.538. The van der Waals surface area contributed by atoms with Gasteiger partial charge in [-0.3, -0.25) is 9.69 Å². The lowest BCUT2D eigenvalue weighted by atomic mass is 9.32. The highest BCUT2D eigenvalue weighted by Gasteiger charge is 2.76. The number of halogens is 5. The van der Waals surface area contributed by atoms with Gasteiger partial charge in [0.1, 0.15) is 17.2 Å². The molecule has 1 aliphatic heterocycles. The Morgan fingerprint density at radius 3 is 2.44 bits per heavy atom. The minimum Gasteiger partial charge on any atom is -0.440 e.